The molecule has 2 aliphatic rings. The van der Waals surface area contributed by atoms with Gasteiger partial charge in [-0.05, 0) is 19.1 Å². The topological polar surface area (TPSA) is 20.3 Å². The highest BCUT2D eigenvalue weighted by molar-refractivity contribution is 7.99. The Morgan fingerprint density at radius 2 is 2.00 bits per heavy atom. The molecule has 0 N–H and O–H groups in total. The van der Waals surface area contributed by atoms with Crippen molar-refractivity contribution in [3.8, 4) is 0 Å². The Bertz CT molecular complexity index is 215. The van der Waals surface area contributed by atoms with Crippen molar-refractivity contribution in [2.24, 2.45) is 0 Å². The summed E-state index contributed by atoms with van der Waals surface area (Å²) in [5.41, 5.74) is 0. The fourth-order valence-electron chi connectivity index (χ4n) is 2.73. The monoisotopic (exact) mass is 213 g/mol. The molecular weight excluding hydrogens is 194 g/mol. The third-order valence-corrected chi connectivity index (χ3v) is 4.52. The predicted molar refractivity (Wildman–Crippen MR) is 60.7 cm³/mol. The third-order valence-electron chi connectivity index (χ3n) is 3.57. The second kappa shape index (κ2) is 4.23. The number of Topliss-reactive ketones (excluding diaryl/α,β-unsaturated/α-hetero) is 1. The van der Waals surface area contributed by atoms with Crippen LogP contribution in [0.25, 0.3) is 0 Å². The number of ketones is 1. The molecule has 14 heavy (non-hydrogen) atoms. The van der Waals surface area contributed by atoms with Crippen LogP contribution in [0.4, 0.5) is 0 Å². The Kier molecular flexibility index (Phi) is 3.17. The number of hydrogen-bond acceptors (Lipinski definition) is 3. The first kappa shape index (κ1) is 10.5. The van der Waals surface area contributed by atoms with Crippen LogP contribution in [0.2, 0.25) is 0 Å². The van der Waals surface area contributed by atoms with E-state index in [9.17, 15) is 4.79 Å². The van der Waals surface area contributed by atoms with E-state index >= 15 is 0 Å². The Morgan fingerprint density at radius 3 is 2.50 bits per heavy atom. The van der Waals surface area contributed by atoms with E-state index in [-0.39, 0.29) is 0 Å². The van der Waals surface area contributed by atoms with Crippen LogP contribution in [-0.4, -0.2) is 40.8 Å². The summed E-state index contributed by atoms with van der Waals surface area (Å²) in [6, 6.07) is 1.16. The molecule has 0 aliphatic carbocycles. The number of thioether (sulfide) groups is 1. The van der Waals surface area contributed by atoms with E-state index in [2.05, 4.69) is 18.1 Å². The molecule has 0 amide bonds. The molecule has 3 atom stereocenters. The first-order valence-corrected chi connectivity index (χ1v) is 6.79. The van der Waals surface area contributed by atoms with Crippen LogP contribution < -0.4 is 0 Å². The average molecular weight is 213 g/mol. The molecule has 3 heteroatoms. The highest BCUT2D eigenvalue weighted by atomic mass is 32.2. The smallest absolute Gasteiger partial charge is 0.136 e. The molecule has 2 saturated heterocycles. The number of carbonyl (C=O) groups excluding carboxylic acids is 1. The lowest BCUT2D eigenvalue weighted by Crippen LogP contribution is -2.45. The molecule has 0 aromatic carbocycles. The summed E-state index contributed by atoms with van der Waals surface area (Å²) in [7, 11) is 0. The largest absolute Gasteiger partial charge is 0.300 e. The molecule has 2 rings (SSSR count). The van der Waals surface area contributed by atoms with E-state index in [1.54, 1.807) is 0 Å². The molecule has 2 nitrogen and oxygen atoms in total. The van der Waals surface area contributed by atoms with Gasteiger partial charge in [-0.1, -0.05) is 6.92 Å². The molecule has 2 bridgehead atoms. The number of hydrogen-bond donors (Lipinski definition) is 0. The van der Waals surface area contributed by atoms with E-state index < -0.39 is 0 Å². The van der Waals surface area contributed by atoms with Gasteiger partial charge in [-0.25, -0.2) is 0 Å². The first-order valence-electron chi connectivity index (χ1n) is 5.51. The van der Waals surface area contributed by atoms with Crippen LogP contribution in [0.15, 0.2) is 0 Å². The lowest BCUT2D eigenvalue weighted by atomic mass is 10.0. The average Bonchev–Trinajstić information content (AvgIpc) is 2.41. The SMILES string of the molecule is CSC(C)CN1C2CCC1CC(=O)C2. The van der Waals surface area contributed by atoms with Gasteiger partial charge in [-0.3, -0.25) is 9.69 Å². The number of rotatable bonds is 3. The third kappa shape index (κ3) is 1.98. The predicted octanol–water partition coefficient (Wildman–Crippen LogP) is 1.93. The van der Waals surface area contributed by atoms with Crippen molar-refractivity contribution in [1.29, 1.82) is 0 Å². The van der Waals surface area contributed by atoms with Crippen molar-refractivity contribution in [2.75, 3.05) is 12.8 Å². The van der Waals surface area contributed by atoms with Gasteiger partial charge in [0, 0.05) is 36.7 Å². The number of nitrogens with zero attached hydrogens (tertiary/aromatic N) is 1. The van der Waals surface area contributed by atoms with Crippen molar-refractivity contribution in [1.82, 2.24) is 4.90 Å². The minimum absolute atomic E-state index is 0.491. The van der Waals surface area contributed by atoms with Crippen molar-refractivity contribution in [3.05, 3.63) is 0 Å². The van der Waals surface area contributed by atoms with Gasteiger partial charge >= 0.3 is 0 Å². The molecule has 0 saturated carbocycles. The minimum Gasteiger partial charge on any atom is -0.300 e. The van der Waals surface area contributed by atoms with Crippen molar-refractivity contribution in [2.45, 2.75) is 49.9 Å². The highest BCUT2D eigenvalue weighted by Crippen LogP contribution is 2.34. The standard InChI is InChI=1S/C11H19NOS/c1-8(14-2)7-12-9-3-4-10(12)6-11(13)5-9/h8-10H,3-7H2,1-2H3. The lowest BCUT2D eigenvalue weighted by Gasteiger charge is -2.35. The molecule has 2 fully saturated rings. The maximum Gasteiger partial charge on any atom is 0.136 e. The zero-order valence-electron chi connectivity index (χ0n) is 9.03. The van der Waals surface area contributed by atoms with Crippen molar-refractivity contribution < 1.29 is 4.79 Å². The lowest BCUT2D eigenvalue weighted by molar-refractivity contribution is -0.123. The van der Waals surface area contributed by atoms with Gasteiger partial charge in [0.05, 0.1) is 0 Å². The molecule has 0 radical (unpaired) electrons. The quantitative estimate of drug-likeness (QED) is 0.714. The van der Waals surface area contributed by atoms with Crippen LogP contribution >= 0.6 is 11.8 Å². The second-order valence-corrected chi connectivity index (χ2v) is 5.85. The summed E-state index contributed by atoms with van der Waals surface area (Å²) < 4.78 is 0. The molecule has 0 spiro atoms. The zero-order chi connectivity index (χ0) is 10.1. The molecule has 0 aromatic heterocycles. The van der Waals surface area contributed by atoms with Crippen molar-refractivity contribution >= 4 is 17.5 Å². The first-order chi connectivity index (χ1) is 6.70. The zero-order valence-corrected chi connectivity index (χ0v) is 9.85. The van der Waals surface area contributed by atoms with Crippen LogP contribution in [0.1, 0.15) is 32.6 Å². The van der Waals surface area contributed by atoms with Gasteiger partial charge in [0.25, 0.3) is 0 Å². The molecule has 0 aromatic rings. The number of piperidine rings is 1. The Morgan fingerprint density at radius 1 is 1.43 bits per heavy atom. The summed E-state index contributed by atoms with van der Waals surface area (Å²) in [5, 5.41) is 0.700. The van der Waals surface area contributed by atoms with Crippen LogP contribution in [0, 0.1) is 0 Å². The number of fused-ring (bicyclic) bond motifs is 2. The Hall–Kier alpha value is -0.0200. The van der Waals surface area contributed by atoms with E-state index in [0.29, 0.717) is 23.1 Å². The Labute approximate surface area is 90.4 Å². The molecule has 2 aliphatic heterocycles. The second-order valence-electron chi connectivity index (χ2n) is 4.58. The summed E-state index contributed by atoms with van der Waals surface area (Å²) in [4.78, 5) is 14.0. The van der Waals surface area contributed by atoms with Gasteiger partial charge in [-0.2, -0.15) is 11.8 Å². The van der Waals surface area contributed by atoms with Crippen LogP contribution in [0.3, 0.4) is 0 Å². The molecular formula is C11H19NOS. The maximum atomic E-state index is 11.4. The van der Waals surface area contributed by atoms with Gasteiger partial charge in [-0.15, -0.1) is 0 Å². The van der Waals surface area contributed by atoms with Gasteiger partial charge < -0.3 is 0 Å². The van der Waals surface area contributed by atoms with Crippen LogP contribution in [-0.2, 0) is 4.79 Å². The van der Waals surface area contributed by atoms with E-state index in [1.807, 2.05) is 11.8 Å². The normalized spacial score (nSPS) is 34.9. The summed E-state index contributed by atoms with van der Waals surface area (Å²) in [6.07, 6.45) is 6.30. The highest BCUT2D eigenvalue weighted by Gasteiger charge is 2.40. The van der Waals surface area contributed by atoms with Crippen molar-refractivity contribution in [3.63, 3.8) is 0 Å². The molecule has 3 unspecified atom stereocenters. The van der Waals surface area contributed by atoms with Gasteiger partial charge in [0.2, 0.25) is 0 Å². The van der Waals surface area contributed by atoms with E-state index in [4.69, 9.17) is 0 Å². The number of carbonyl (C=O) groups is 1. The minimum atomic E-state index is 0.491. The van der Waals surface area contributed by atoms with E-state index in [0.717, 1.165) is 12.8 Å². The summed E-state index contributed by atoms with van der Waals surface area (Å²) >= 11 is 1.92. The van der Waals surface area contributed by atoms with E-state index in [1.165, 1.54) is 19.4 Å². The fraction of sp³-hybridized carbons (Fsp3) is 0.909. The Balaban J connectivity index is 1.97. The maximum absolute atomic E-state index is 11.4. The van der Waals surface area contributed by atoms with Gasteiger partial charge in [0.15, 0.2) is 0 Å². The van der Waals surface area contributed by atoms with Gasteiger partial charge in [0.1, 0.15) is 5.78 Å². The molecule has 2 heterocycles. The van der Waals surface area contributed by atoms with Crippen LogP contribution in [0.5, 0.6) is 0 Å². The molecule has 80 valence electrons. The fourth-order valence-corrected chi connectivity index (χ4v) is 3.05. The summed E-state index contributed by atoms with van der Waals surface area (Å²) in [5.74, 6) is 0.491. The summed E-state index contributed by atoms with van der Waals surface area (Å²) in [6.45, 7) is 3.45.